The van der Waals surface area contributed by atoms with Crippen LogP contribution in [-0.2, 0) is 4.79 Å². The number of carbonyl (C=O) groups is 1. The van der Waals surface area contributed by atoms with Gasteiger partial charge in [-0.2, -0.15) is 0 Å². The number of ether oxygens (including phenoxy) is 1. The molecule has 0 spiro atoms. The summed E-state index contributed by atoms with van der Waals surface area (Å²) in [6, 6.07) is 4.58. The summed E-state index contributed by atoms with van der Waals surface area (Å²) in [4.78, 5) is 10.5. The summed E-state index contributed by atoms with van der Waals surface area (Å²) in [5.74, 6) is -1.01. The van der Waals surface area contributed by atoms with Crippen molar-refractivity contribution in [1.29, 1.82) is 0 Å². The van der Waals surface area contributed by atoms with Gasteiger partial charge in [0.05, 0.1) is 12.1 Å². The first-order valence-corrected chi connectivity index (χ1v) is 4.19. The van der Waals surface area contributed by atoms with Crippen LogP contribution in [0.2, 0.25) is 5.02 Å². The Bertz CT molecular complexity index is 351. The third-order valence-electron chi connectivity index (χ3n) is 1.74. The van der Waals surface area contributed by atoms with Crippen LogP contribution in [-0.4, -0.2) is 23.3 Å². The molecule has 0 saturated carbocycles. The highest BCUT2D eigenvalue weighted by atomic mass is 35.5. The van der Waals surface area contributed by atoms with Crippen molar-refractivity contribution in [2.75, 3.05) is 7.11 Å². The topological polar surface area (TPSA) is 66.8 Å². The van der Waals surface area contributed by atoms with Crippen LogP contribution in [0, 0.1) is 0 Å². The van der Waals surface area contributed by atoms with Crippen LogP contribution in [0.4, 0.5) is 0 Å². The summed E-state index contributed by atoms with van der Waals surface area (Å²) >= 11 is 5.80. The Morgan fingerprint density at radius 1 is 1.57 bits per heavy atom. The normalized spacial score (nSPS) is 12.2. The van der Waals surface area contributed by atoms with Crippen LogP contribution >= 0.6 is 11.6 Å². The number of rotatable bonds is 3. The maximum absolute atomic E-state index is 10.5. The summed E-state index contributed by atoms with van der Waals surface area (Å²) < 4.78 is 4.88. The van der Waals surface area contributed by atoms with E-state index in [4.69, 9.17) is 21.4 Å². The van der Waals surface area contributed by atoms with Crippen molar-refractivity contribution < 1.29 is 19.7 Å². The minimum atomic E-state index is -1.63. The number of hydrogen-bond acceptors (Lipinski definition) is 3. The fourth-order valence-electron chi connectivity index (χ4n) is 1.03. The van der Waals surface area contributed by atoms with Crippen LogP contribution in [0.5, 0.6) is 5.75 Å². The smallest absolute Gasteiger partial charge is 0.337 e. The standard InChI is InChI=1S/C9H9ClO4/c1-14-6-4-2-3-5(7(6)10)8(11)9(12)13/h2-4,8,11H,1H3,(H,12,13)/t8-/m0/s1. The van der Waals surface area contributed by atoms with Crippen molar-refractivity contribution >= 4 is 17.6 Å². The highest BCUT2D eigenvalue weighted by Gasteiger charge is 2.20. The Hall–Kier alpha value is -1.26. The van der Waals surface area contributed by atoms with Gasteiger partial charge in [0.25, 0.3) is 0 Å². The molecule has 2 N–H and O–H groups in total. The largest absolute Gasteiger partial charge is 0.495 e. The number of aliphatic hydroxyl groups is 1. The highest BCUT2D eigenvalue weighted by molar-refractivity contribution is 6.33. The lowest BCUT2D eigenvalue weighted by atomic mass is 10.1. The van der Waals surface area contributed by atoms with Crippen molar-refractivity contribution in [3.63, 3.8) is 0 Å². The first-order chi connectivity index (χ1) is 6.57. The second kappa shape index (κ2) is 4.30. The Kier molecular flexibility index (Phi) is 3.33. The lowest BCUT2D eigenvalue weighted by Gasteiger charge is -2.10. The van der Waals surface area contributed by atoms with Gasteiger partial charge in [-0.3, -0.25) is 0 Å². The summed E-state index contributed by atoms with van der Waals surface area (Å²) in [6.45, 7) is 0. The van der Waals surface area contributed by atoms with E-state index in [0.717, 1.165) is 0 Å². The van der Waals surface area contributed by atoms with Crippen LogP contribution in [0.15, 0.2) is 18.2 Å². The first kappa shape index (κ1) is 10.8. The maximum atomic E-state index is 10.5. The van der Waals surface area contributed by atoms with E-state index >= 15 is 0 Å². The molecule has 0 saturated heterocycles. The molecule has 0 radical (unpaired) electrons. The summed E-state index contributed by atoms with van der Waals surface area (Å²) in [5.41, 5.74) is 0.124. The van der Waals surface area contributed by atoms with E-state index in [-0.39, 0.29) is 10.6 Å². The van der Waals surface area contributed by atoms with Crippen LogP contribution in [0.3, 0.4) is 0 Å². The molecular weight excluding hydrogens is 208 g/mol. The van der Waals surface area contributed by atoms with Gasteiger partial charge in [-0.15, -0.1) is 0 Å². The lowest BCUT2D eigenvalue weighted by molar-refractivity contribution is -0.146. The predicted molar refractivity (Wildman–Crippen MR) is 50.6 cm³/mol. The van der Waals surface area contributed by atoms with Gasteiger partial charge in [0.15, 0.2) is 6.10 Å². The van der Waals surface area contributed by atoms with E-state index in [2.05, 4.69) is 0 Å². The Morgan fingerprint density at radius 3 is 2.71 bits per heavy atom. The van der Waals surface area contributed by atoms with Crippen molar-refractivity contribution in [1.82, 2.24) is 0 Å². The van der Waals surface area contributed by atoms with Gasteiger partial charge in [-0.1, -0.05) is 23.7 Å². The number of aliphatic carboxylic acids is 1. The molecule has 14 heavy (non-hydrogen) atoms. The highest BCUT2D eigenvalue weighted by Crippen LogP contribution is 2.31. The predicted octanol–water partition coefficient (Wildman–Crippen LogP) is 1.47. The number of methoxy groups -OCH3 is 1. The van der Waals surface area contributed by atoms with E-state index in [0.29, 0.717) is 5.75 Å². The van der Waals surface area contributed by atoms with Gasteiger partial charge in [0.1, 0.15) is 5.75 Å². The van der Waals surface area contributed by atoms with Crippen molar-refractivity contribution in [3.05, 3.63) is 28.8 Å². The monoisotopic (exact) mass is 216 g/mol. The molecule has 1 aromatic carbocycles. The number of halogens is 1. The third kappa shape index (κ3) is 1.97. The molecule has 76 valence electrons. The number of benzene rings is 1. The zero-order valence-electron chi connectivity index (χ0n) is 7.40. The van der Waals surface area contributed by atoms with E-state index in [1.54, 1.807) is 12.1 Å². The molecule has 0 aliphatic rings. The number of carboxylic acid groups (broad SMARTS) is 1. The van der Waals surface area contributed by atoms with Crippen molar-refractivity contribution in [3.8, 4) is 5.75 Å². The quantitative estimate of drug-likeness (QED) is 0.803. The number of hydrogen-bond donors (Lipinski definition) is 2. The number of carboxylic acids is 1. The van der Waals surface area contributed by atoms with Crippen molar-refractivity contribution in [2.24, 2.45) is 0 Å². The van der Waals surface area contributed by atoms with Gasteiger partial charge in [0, 0.05) is 5.56 Å². The van der Waals surface area contributed by atoms with E-state index in [1.165, 1.54) is 13.2 Å². The SMILES string of the molecule is COc1cccc([C@H](O)C(=O)O)c1Cl. The van der Waals surface area contributed by atoms with Crippen LogP contribution < -0.4 is 4.74 Å². The molecular formula is C9H9ClO4. The fourth-order valence-corrected chi connectivity index (χ4v) is 1.34. The third-order valence-corrected chi connectivity index (χ3v) is 2.15. The van der Waals surface area contributed by atoms with E-state index < -0.39 is 12.1 Å². The molecule has 0 fully saturated rings. The summed E-state index contributed by atoms with van der Waals surface area (Å²) in [6.07, 6.45) is -1.63. The zero-order valence-corrected chi connectivity index (χ0v) is 8.15. The summed E-state index contributed by atoms with van der Waals surface area (Å²) in [5, 5.41) is 17.9. The molecule has 1 atom stereocenters. The minimum Gasteiger partial charge on any atom is -0.495 e. The van der Waals surface area contributed by atoms with Gasteiger partial charge in [-0.25, -0.2) is 4.79 Å². The molecule has 1 rings (SSSR count). The second-order valence-electron chi connectivity index (χ2n) is 2.60. The van der Waals surface area contributed by atoms with Crippen LogP contribution in [0.1, 0.15) is 11.7 Å². The van der Waals surface area contributed by atoms with Gasteiger partial charge < -0.3 is 14.9 Å². The molecule has 5 heteroatoms. The molecule has 0 amide bonds. The Balaban J connectivity index is 3.15. The van der Waals surface area contributed by atoms with Crippen molar-refractivity contribution in [2.45, 2.75) is 6.10 Å². The Morgan fingerprint density at radius 2 is 2.21 bits per heavy atom. The molecule has 4 nitrogen and oxygen atoms in total. The van der Waals surface area contributed by atoms with Crippen LogP contribution in [0.25, 0.3) is 0 Å². The molecule has 0 aliphatic carbocycles. The lowest BCUT2D eigenvalue weighted by Crippen LogP contribution is -2.11. The van der Waals surface area contributed by atoms with E-state index in [9.17, 15) is 9.90 Å². The molecule has 0 unspecified atom stereocenters. The van der Waals surface area contributed by atoms with Gasteiger partial charge >= 0.3 is 5.97 Å². The van der Waals surface area contributed by atoms with E-state index in [1.807, 2.05) is 0 Å². The molecule has 0 heterocycles. The molecule has 0 aliphatic heterocycles. The minimum absolute atomic E-state index is 0.116. The average Bonchev–Trinajstić information content (AvgIpc) is 2.17. The first-order valence-electron chi connectivity index (χ1n) is 3.81. The second-order valence-corrected chi connectivity index (χ2v) is 2.98. The fraction of sp³-hybridized carbons (Fsp3) is 0.222. The number of aliphatic hydroxyl groups excluding tert-OH is 1. The van der Waals surface area contributed by atoms with Gasteiger partial charge in [-0.05, 0) is 6.07 Å². The molecule has 0 aromatic heterocycles. The Labute approximate surface area is 85.7 Å². The summed E-state index contributed by atoms with van der Waals surface area (Å²) in [7, 11) is 1.41. The maximum Gasteiger partial charge on any atom is 0.337 e. The molecule has 1 aromatic rings. The molecule has 0 bridgehead atoms. The van der Waals surface area contributed by atoms with Gasteiger partial charge in [0.2, 0.25) is 0 Å². The average molecular weight is 217 g/mol. The zero-order chi connectivity index (χ0) is 10.7.